The van der Waals surface area contributed by atoms with E-state index in [4.69, 9.17) is 0 Å². The van der Waals surface area contributed by atoms with Crippen molar-refractivity contribution >= 4 is 22.6 Å². The van der Waals surface area contributed by atoms with Gasteiger partial charge in [0.15, 0.2) is 5.78 Å². The lowest BCUT2D eigenvalue weighted by Gasteiger charge is -2.14. The van der Waals surface area contributed by atoms with Crippen LogP contribution in [0.2, 0.25) is 0 Å². The van der Waals surface area contributed by atoms with E-state index in [9.17, 15) is 19.5 Å². The maximum atomic E-state index is 12.8. The minimum Gasteiger partial charge on any atom is -0.506 e. The Kier molecular flexibility index (Phi) is 7.58. The standard InChI is InChI=1S/C21H28N2O4/c1-3-5-6-7-10-15(24)14-22-20(26)18-19(25)16-11-8-9-12-17(16)23(13-4-2)21(18)27/h8-9,11-12,25H,3-7,10,13-14H2,1-2H3,(H,22,26). The van der Waals surface area contributed by atoms with Gasteiger partial charge in [-0.15, -0.1) is 0 Å². The number of benzene rings is 1. The Morgan fingerprint density at radius 3 is 2.52 bits per heavy atom. The number of amides is 1. The highest BCUT2D eigenvalue weighted by Crippen LogP contribution is 2.26. The second-order valence-corrected chi connectivity index (χ2v) is 6.73. The summed E-state index contributed by atoms with van der Waals surface area (Å²) in [6.07, 6.45) is 5.09. The molecule has 0 bridgehead atoms. The summed E-state index contributed by atoms with van der Waals surface area (Å²) in [4.78, 5) is 37.2. The van der Waals surface area contributed by atoms with Crippen molar-refractivity contribution in [3.8, 4) is 5.75 Å². The van der Waals surface area contributed by atoms with Crippen LogP contribution in [0.1, 0.15) is 62.7 Å². The molecule has 0 unspecified atom stereocenters. The molecule has 0 atom stereocenters. The molecule has 6 nitrogen and oxygen atoms in total. The van der Waals surface area contributed by atoms with Crippen molar-refractivity contribution in [3.05, 3.63) is 40.2 Å². The lowest BCUT2D eigenvalue weighted by atomic mass is 10.1. The first-order valence-electron chi connectivity index (χ1n) is 9.65. The van der Waals surface area contributed by atoms with E-state index in [0.717, 1.165) is 25.7 Å². The zero-order chi connectivity index (χ0) is 19.8. The van der Waals surface area contributed by atoms with Crippen LogP contribution in [0.5, 0.6) is 5.75 Å². The molecule has 0 saturated carbocycles. The zero-order valence-corrected chi connectivity index (χ0v) is 16.1. The third-order valence-electron chi connectivity index (χ3n) is 4.58. The summed E-state index contributed by atoms with van der Waals surface area (Å²) >= 11 is 0. The Labute approximate surface area is 159 Å². The molecule has 2 rings (SSSR count). The molecule has 1 aromatic carbocycles. The van der Waals surface area contributed by atoms with E-state index >= 15 is 0 Å². The first-order valence-corrected chi connectivity index (χ1v) is 9.65. The fourth-order valence-electron chi connectivity index (χ4n) is 3.14. The molecule has 0 aliphatic rings. The van der Waals surface area contributed by atoms with Crippen LogP contribution in [-0.2, 0) is 11.3 Å². The molecule has 2 aromatic rings. The van der Waals surface area contributed by atoms with Gasteiger partial charge in [0.25, 0.3) is 11.5 Å². The second-order valence-electron chi connectivity index (χ2n) is 6.73. The van der Waals surface area contributed by atoms with E-state index < -0.39 is 11.5 Å². The number of nitrogens with one attached hydrogen (secondary N) is 1. The molecule has 0 aliphatic heterocycles. The van der Waals surface area contributed by atoms with E-state index in [1.807, 2.05) is 6.92 Å². The fourth-order valence-corrected chi connectivity index (χ4v) is 3.14. The number of unbranched alkanes of at least 4 members (excludes halogenated alkanes) is 3. The van der Waals surface area contributed by atoms with E-state index in [0.29, 0.717) is 30.3 Å². The minimum atomic E-state index is -0.713. The lowest BCUT2D eigenvalue weighted by Crippen LogP contribution is -2.36. The number of aryl methyl sites for hydroxylation is 1. The van der Waals surface area contributed by atoms with Crippen molar-refractivity contribution < 1.29 is 14.7 Å². The van der Waals surface area contributed by atoms with Gasteiger partial charge in [0.05, 0.1) is 12.1 Å². The van der Waals surface area contributed by atoms with Crippen LogP contribution in [0.15, 0.2) is 29.1 Å². The molecule has 2 N–H and O–H groups in total. The summed E-state index contributed by atoms with van der Waals surface area (Å²) in [6, 6.07) is 6.94. The normalized spacial score (nSPS) is 10.9. The van der Waals surface area contributed by atoms with Crippen LogP contribution in [0, 0.1) is 0 Å². The van der Waals surface area contributed by atoms with Crippen LogP contribution < -0.4 is 10.9 Å². The number of nitrogens with zero attached hydrogens (tertiary/aromatic N) is 1. The third-order valence-corrected chi connectivity index (χ3v) is 4.58. The number of rotatable bonds is 10. The highest BCUT2D eigenvalue weighted by Gasteiger charge is 2.22. The smallest absolute Gasteiger partial charge is 0.267 e. The Balaban J connectivity index is 2.21. The van der Waals surface area contributed by atoms with E-state index in [1.54, 1.807) is 24.3 Å². The molecule has 0 saturated heterocycles. The predicted molar refractivity (Wildman–Crippen MR) is 106 cm³/mol. The van der Waals surface area contributed by atoms with Crippen LogP contribution in [0.25, 0.3) is 10.9 Å². The van der Waals surface area contributed by atoms with E-state index in [1.165, 1.54) is 4.57 Å². The summed E-state index contributed by atoms with van der Waals surface area (Å²) < 4.78 is 1.50. The molecular formula is C21H28N2O4. The van der Waals surface area contributed by atoms with E-state index in [-0.39, 0.29) is 23.6 Å². The second kappa shape index (κ2) is 9.90. The summed E-state index contributed by atoms with van der Waals surface area (Å²) in [5.41, 5.74) is -0.257. The molecule has 146 valence electrons. The summed E-state index contributed by atoms with van der Waals surface area (Å²) in [5, 5.41) is 13.4. The molecule has 1 heterocycles. The number of hydrogen-bond donors (Lipinski definition) is 2. The molecule has 1 amide bonds. The number of pyridine rings is 1. The van der Waals surface area contributed by atoms with Crippen molar-refractivity contribution in [1.29, 1.82) is 0 Å². The van der Waals surface area contributed by atoms with Gasteiger partial charge >= 0.3 is 0 Å². The topological polar surface area (TPSA) is 88.4 Å². The highest BCUT2D eigenvalue weighted by atomic mass is 16.3. The number of ketones is 1. The number of carbonyl (C=O) groups excluding carboxylic acids is 2. The van der Waals surface area contributed by atoms with Gasteiger partial charge in [0.1, 0.15) is 11.3 Å². The monoisotopic (exact) mass is 372 g/mol. The fraction of sp³-hybridized carbons (Fsp3) is 0.476. The Morgan fingerprint density at radius 1 is 1.07 bits per heavy atom. The first kappa shape index (κ1) is 20.7. The van der Waals surface area contributed by atoms with Gasteiger partial charge in [0.2, 0.25) is 0 Å². The van der Waals surface area contributed by atoms with Gasteiger partial charge in [-0.05, 0) is 25.0 Å². The summed E-state index contributed by atoms with van der Waals surface area (Å²) in [6.45, 7) is 4.34. The maximum absolute atomic E-state index is 12.8. The van der Waals surface area contributed by atoms with Crippen LogP contribution >= 0.6 is 0 Å². The first-order chi connectivity index (χ1) is 13.0. The number of hydrogen-bond acceptors (Lipinski definition) is 4. The maximum Gasteiger partial charge on any atom is 0.267 e. The molecular weight excluding hydrogens is 344 g/mol. The molecule has 0 fully saturated rings. The van der Waals surface area contributed by atoms with Gasteiger partial charge in [-0.25, -0.2) is 0 Å². The van der Waals surface area contributed by atoms with Crippen LogP contribution in [0.3, 0.4) is 0 Å². The van der Waals surface area contributed by atoms with Crippen LogP contribution in [-0.4, -0.2) is 27.9 Å². The number of aromatic hydroxyl groups is 1. The number of carbonyl (C=O) groups is 2. The van der Waals surface area contributed by atoms with Crippen molar-refractivity contribution in [2.45, 2.75) is 58.9 Å². The van der Waals surface area contributed by atoms with Gasteiger partial charge < -0.3 is 15.0 Å². The molecule has 6 heteroatoms. The number of aromatic nitrogens is 1. The summed E-state index contributed by atoms with van der Waals surface area (Å²) in [7, 11) is 0. The van der Waals surface area contributed by atoms with Gasteiger partial charge in [-0.3, -0.25) is 14.4 Å². The zero-order valence-electron chi connectivity index (χ0n) is 16.1. The molecule has 0 spiro atoms. The van der Waals surface area contributed by atoms with Crippen molar-refractivity contribution in [1.82, 2.24) is 9.88 Å². The average molecular weight is 372 g/mol. The Bertz CT molecular complexity index is 870. The average Bonchev–Trinajstić information content (AvgIpc) is 2.67. The van der Waals surface area contributed by atoms with Gasteiger partial charge in [0, 0.05) is 18.4 Å². The molecule has 27 heavy (non-hydrogen) atoms. The lowest BCUT2D eigenvalue weighted by molar-refractivity contribution is -0.118. The quantitative estimate of drug-likeness (QED) is 0.626. The molecule has 0 aliphatic carbocycles. The van der Waals surface area contributed by atoms with E-state index in [2.05, 4.69) is 12.2 Å². The highest BCUT2D eigenvalue weighted by molar-refractivity contribution is 6.03. The van der Waals surface area contributed by atoms with Crippen molar-refractivity contribution in [3.63, 3.8) is 0 Å². The number of para-hydroxylation sites is 1. The number of Topliss-reactive ketones (excluding diaryl/α,β-unsaturated/α-hetero) is 1. The van der Waals surface area contributed by atoms with Gasteiger partial charge in [-0.2, -0.15) is 0 Å². The SMILES string of the molecule is CCCCCCC(=O)CNC(=O)c1c(O)c2ccccc2n(CCC)c1=O. The predicted octanol–water partition coefficient (Wildman–Crippen LogP) is 3.39. The Morgan fingerprint density at radius 2 is 1.81 bits per heavy atom. The largest absolute Gasteiger partial charge is 0.506 e. The van der Waals surface area contributed by atoms with Gasteiger partial charge in [-0.1, -0.05) is 45.2 Å². The molecule has 1 aromatic heterocycles. The summed E-state index contributed by atoms with van der Waals surface area (Å²) in [5.74, 6) is -1.13. The Hall–Kier alpha value is -2.63. The van der Waals surface area contributed by atoms with Crippen molar-refractivity contribution in [2.24, 2.45) is 0 Å². The third kappa shape index (κ3) is 4.96. The minimum absolute atomic E-state index is 0.0754. The molecule has 0 radical (unpaired) electrons. The van der Waals surface area contributed by atoms with Crippen LogP contribution in [0.4, 0.5) is 0 Å². The van der Waals surface area contributed by atoms with Crippen molar-refractivity contribution in [2.75, 3.05) is 6.54 Å². The number of fused-ring (bicyclic) bond motifs is 1.